The summed E-state index contributed by atoms with van der Waals surface area (Å²) in [5.41, 5.74) is 9.72. The maximum atomic E-state index is 6.96. The van der Waals surface area contributed by atoms with Gasteiger partial charge in [0.15, 0.2) is 5.58 Å². The van der Waals surface area contributed by atoms with Crippen LogP contribution in [0.5, 0.6) is 0 Å². The van der Waals surface area contributed by atoms with Gasteiger partial charge in [-0.1, -0.05) is 115 Å². The number of rotatable bonds is 5. The lowest BCUT2D eigenvalue weighted by atomic mass is 10.0. The normalized spacial score (nSPS) is 11.6. The van der Waals surface area contributed by atoms with E-state index in [0.717, 1.165) is 39.0 Å². The Kier molecular flexibility index (Phi) is 6.03. The van der Waals surface area contributed by atoms with Crippen molar-refractivity contribution in [3.8, 4) is 22.3 Å². The van der Waals surface area contributed by atoms with Gasteiger partial charge in [0.1, 0.15) is 5.58 Å². The van der Waals surface area contributed by atoms with E-state index < -0.39 is 0 Å². The first-order valence-corrected chi connectivity index (χ1v) is 16.0. The number of hydrogen-bond acceptors (Lipinski definition) is 3. The molecule has 0 aliphatic carbocycles. The number of para-hydroxylation sites is 1. The number of thiophene rings is 1. The smallest absolute Gasteiger partial charge is 0.159 e. The summed E-state index contributed by atoms with van der Waals surface area (Å²) in [5.74, 6) is 0. The minimum atomic E-state index is 0.882. The van der Waals surface area contributed by atoms with Gasteiger partial charge in [-0.2, -0.15) is 0 Å². The van der Waals surface area contributed by atoms with Crippen LogP contribution in [0.2, 0.25) is 0 Å². The average Bonchev–Trinajstić information content (AvgIpc) is 3.69. The molecule has 0 fully saturated rings. The predicted molar refractivity (Wildman–Crippen MR) is 192 cm³/mol. The van der Waals surface area contributed by atoms with E-state index in [4.69, 9.17) is 4.42 Å². The topological polar surface area (TPSA) is 16.4 Å². The molecule has 9 aromatic rings. The molecule has 2 nitrogen and oxygen atoms in total. The molecule has 0 radical (unpaired) electrons. The molecule has 3 heteroatoms. The molecular weight excluding hydrogens is 567 g/mol. The zero-order valence-electron chi connectivity index (χ0n) is 24.4. The van der Waals surface area contributed by atoms with Crippen LogP contribution in [0.15, 0.2) is 168 Å². The Balaban J connectivity index is 1.28. The fourth-order valence-electron chi connectivity index (χ4n) is 6.54. The van der Waals surface area contributed by atoms with Crippen molar-refractivity contribution in [3.05, 3.63) is 164 Å². The van der Waals surface area contributed by atoms with Gasteiger partial charge in [0.25, 0.3) is 0 Å². The Morgan fingerprint density at radius 2 is 1.02 bits per heavy atom. The summed E-state index contributed by atoms with van der Waals surface area (Å²) in [5, 5.41) is 4.69. The predicted octanol–water partition coefficient (Wildman–Crippen LogP) is 12.8. The number of fused-ring (bicyclic) bond motifs is 7. The minimum Gasteiger partial charge on any atom is -0.453 e. The second-order valence-electron chi connectivity index (χ2n) is 11.3. The van der Waals surface area contributed by atoms with E-state index in [-0.39, 0.29) is 0 Å². The Labute approximate surface area is 265 Å². The molecular formula is C42H27NOS. The Hall–Kier alpha value is -5.64. The fourth-order valence-corrected chi connectivity index (χ4v) is 7.65. The molecule has 0 atom stereocenters. The largest absolute Gasteiger partial charge is 0.453 e. The van der Waals surface area contributed by atoms with E-state index in [1.807, 2.05) is 11.3 Å². The monoisotopic (exact) mass is 593 g/mol. The molecule has 0 saturated heterocycles. The highest BCUT2D eigenvalue weighted by Crippen LogP contribution is 2.46. The lowest BCUT2D eigenvalue weighted by Gasteiger charge is -2.26. The Morgan fingerprint density at radius 3 is 1.82 bits per heavy atom. The maximum Gasteiger partial charge on any atom is 0.159 e. The SMILES string of the molecule is c1ccc(-c2ccc(N(c3cccc(-c4ccccc4)c3)c3cccc4c3oc3c4ccc4sc5ccccc5c43)cc2)cc1. The molecule has 212 valence electrons. The van der Waals surface area contributed by atoms with Gasteiger partial charge in [-0.3, -0.25) is 0 Å². The van der Waals surface area contributed by atoms with Crippen molar-refractivity contribution in [2.75, 3.05) is 4.90 Å². The maximum absolute atomic E-state index is 6.96. The van der Waals surface area contributed by atoms with Gasteiger partial charge >= 0.3 is 0 Å². The molecule has 7 aromatic carbocycles. The summed E-state index contributed by atoms with van der Waals surface area (Å²) in [6, 6.07) is 58.3. The van der Waals surface area contributed by atoms with Gasteiger partial charge in [-0.15, -0.1) is 11.3 Å². The molecule has 0 N–H and O–H groups in total. The van der Waals surface area contributed by atoms with Crippen molar-refractivity contribution >= 4 is 70.5 Å². The van der Waals surface area contributed by atoms with Crippen molar-refractivity contribution in [1.82, 2.24) is 0 Å². The highest BCUT2D eigenvalue weighted by Gasteiger charge is 2.21. The summed E-state index contributed by atoms with van der Waals surface area (Å²) in [6.45, 7) is 0. The third-order valence-corrected chi connectivity index (χ3v) is 9.81. The first-order valence-electron chi connectivity index (χ1n) is 15.2. The zero-order chi connectivity index (χ0) is 29.7. The Morgan fingerprint density at radius 1 is 0.400 bits per heavy atom. The van der Waals surface area contributed by atoms with Crippen LogP contribution in [0.4, 0.5) is 17.1 Å². The van der Waals surface area contributed by atoms with Crippen LogP contribution in [0.3, 0.4) is 0 Å². The van der Waals surface area contributed by atoms with Crippen molar-refractivity contribution in [1.29, 1.82) is 0 Å². The number of anilines is 3. The molecule has 2 heterocycles. The van der Waals surface area contributed by atoms with Crippen LogP contribution in [0.25, 0.3) is 64.4 Å². The van der Waals surface area contributed by atoms with Gasteiger partial charge in [0, 0.05) is 42.3 Å². The molecule has 45 heavy (non-hydrogen) atoms. The summed E-state index contributed by atoms with van der Waals surface area (Å²) < 4.78 is 9.48. The number of benzene rings is 7. The average molecular weight is 594 g/mol. The van der Waals surface area contributed by atoms with Crippen LogP contribution in [-0.2, 0) is 0 Å². The summed E-state index contributed by atoms with van der Waals surface area (Å²) >= 11 is 1.82. The first kappa shape index (κ1) is 25.8. The van der Waals surface area contributed by atoms with E-state index in [2.05, 4.69) is 169 Å². The number of nitrogens with zero attached hydrogens (tertiary/aromatic N) is 1. The zero-order valence-corrected chi connectivity index (χ0v) is 25.2. The highest BCUT2D eigenvalue weighted by molar-refractivity contribution is 7.26. The molecule has 0 bridgehead atoms. The summed E-state index contributed by atoms with van der Waals surface area (Å²) in [4.78, 5) is 2.33. The van der Waals surface area contributed by atoms with Crippen LogP contribution >= 0.6 is 11.3 Å². The molecule has 9 rings (SSSR count). The molecule has 0 saturated carbocycles. The van der Waals surface area contributed by atoms with Crippen LogP contribution in [0.1, 0.15) is 0 Å². The summed E-state index contributed by atoms with van der Waals surface area (Å²) in [7, 11) is 0. The minimum absolute atomic E-state index is 0.882. The molecule has 0 amide bonds. The second-order valence-corrected chi connectivity index (χ2v) is 12.4. The van der Waals surface area contributed by atoms with Crippen molar-refractivity contribution in [2.45, 2.75) is 0 Å². The van der Waals surface area contributed by atoms with Gasteiger partial charge < -0.3 is 9.32 Å². The van der Waals surface area contributed by atoms with Crippen LogP contribution < -0.4 is 4.90 Å². The van der Waals surface area contributed by atoms with E-state index in [9.17, 15) is 0 Å². The van der Waals surface area contributed by atoms with Crippen LogP contribution in [0, 0.1) is 0 Å². The van der Waals surface area contributed by atoms with E-state index >= 15 is 0 Å². The molecule has 0 spiro atoms. The van der Waals surface area contributed by atoms with Crippen LogP contribution in [-0.4, -0.2) is 0 Å². The molecule has 0 aliphatic heterocycles. The lowest BCUT2D eigenvalue weighted by Crippen LogP contribution is -2.10. The lowest BCUT2D eigenvalue weighted by molar-refractivity contribution is 0.673. The van der Waals surface area contributed by atoms with Crippen molar-refractivity contribution in [2.24, 2.45) is 0 Å². The molecule has 0 aliphatic rings. The fraction of sp³-hybridized carbons (Fsp3) is 0. The number of furan rings is 1. The van der Waals surface area contributed by atoms with E-state index in [0.29, 0.717) is 0 Å². The number of hydrogen-bond donors (Lipinski definition) is 0. The Bertz CT molecular complexity index is 2470. The van der Waals surface area contributed by atoms with Gasteiger partial charge in [0.05, 0.1) is 5.69 Å². The first-order chi connectivity index (χ1) is 22.3. The molecule has 2 aromatic heterocycles. The summed E-state index contributed by atoms with van der Waals surface area (Å²) in [6.07, 6.45) is 0. The van der Waals surface area contributed by atoms with E-state index in [1.54, 1.807) is 0 Å². The van der Waals surface area contributed by atoms with Crippen molar-refractivity contribution < 1.29 is 4.42 Å². The second kappa shape index (κ2) is 10.5. The highest BCUT2D eigenvalue weighted by atomic mass is 32.1. The van der Waals surface area contributed by atoms with E-state index in [1.165, 1.54) is 42.4 Å². The van der Waals surface area contributed by atoms with Gasteiger partial charge in [0.2, 0.25) is 0 Å². The van der Waals surface area contributed by atoms with Crippen molar-refractivity contribution in [3.63, 3.8) is 0 Å². The van der Waals surface area contributed by atoms with Gasteiger partial charge in [-0.25, -0.2) is 0 Å². The third kappa shape index (κ3) is 4.32. The molecule has 0 unspecified atom stereocenters. The third-order valence-electron chi connectivity index (χ3n) is 8.67. The standard InChI is InChI=1S/C42H27NOS/c1-3-11-28(12-4-1)30-21-23-32(24-22-30)43(33-16-9-15-31(27-33)29-13-5-2-6-14-29)37-19-10-18-34-35-25-26-39-40(42(35)44-41(34)37)36-17-7-8-20-38(36)45-39/h1-27H. The van der Waals surface area contributed by atoms with Gasteiger partial charge in [-0.05, 0) is 70.8 Å². The quantitative estimate of drug-likeness (QED) is 0.197.